The highest BCUT2D eigenvalue weighted by molar-refractivity contribution is 6.00. The van der Waals surface area contributed by atoms with Crippen LogP contribution in [0.4, 0.5) is 0 Å². The number of ether oxygens (including phenoxy) is 4. The average molecular weight is 440 g/mol. The number of hydrogen-bond acceptors (Lipinski definition) is 7. The Labute approximate surface area is 187 Å². The number of ketones is 1. The summed E-state index contributed by atoms with van der Waals surface area (Å²) in [5.41, 5.74) is 2.96. The molecule has 1 aromatic heterocycles. The highest BCUT2D eigenvalue weighted by Gasteiger charge is 2.19. The third kappa shape index (κ3) is 6.22. The number of esters is 1. The van der Waals surface area contributed by atoms with Crippen LogP contribution in [0.5, 0.6) is 11.5 Å². The van der Waals surface area contributed by atoms with Gasteiger partial charge in [-0.15, -0.1) is 0 Å². The molecule has 1 aromatic carbocycles. The van der Waals surface area contributed by atoms with E-state index in [1.165, 1.54) is 13.2 Å². The number of nitriles is 1. The first-order valence-electron chi connectivity index (χ1n) is 10.1. The lowest BCUT2D eigenvalue weighted by Gasteiger charge is -2.17. The van der Waals surface area contributed by atoms with Crippen molar-refractivity contribution in [2.75, 3.05) is 34.0 Å². The number of benzene rings is 1. The molecule has 0 aliphatic heterocycles. The van der Waals surface area contributed by atoms with Crippen molar-refractivity contribution >= 4 is 17.8 Å². The average Bonchev–Trinajstić information content (AvgIpc) is 3.08. The number of methoxy groups -OCH3 is 2. The molecule has 0 aliphatic carbocycles. The molecule has 8 nitrogen and oxygen atoms in total. The maximum atomic E-state index is 12.6. The smallest absolute Gasteiger partial charge is 0.331 e. The van der Waals surface area contributed by atoms with Gasteiger partial charge < -0.3 is 23.5 Å². The summed E-state index contributed by atoms with van der Waals surface area (Å²) >= 11 is 0. The lowest BCUT2D eigenvalue weighted by molar-refractivity contribution is -0.136. The quantitative estimate of drug-likeness (QED) is 0.299. The minimum atomic E-state index is -0.635. The topological polar surface area (TPSA) is 99.8 Å². The van der Waals surface area contributed by atoms with Crippen molar-refractivity contribution in [3.8, 4) is 17.6 Å². The number of carbonyl (C=O) groups excluding carboxylic acids is 2. The van der Waals surface area contributed by atoms with Crippen LogP contribution in [0.25, 0.3) is 6.08 Å². The van der Waals surface area contributed by atoms with Crippen LogP contribution < -0.4 is 9.47 Å². The van der Waals surface area contributed by atoms with Crippen LogP contribution in [0.1, 0.15) is 40.3 Å². The van der Waals surface area contributed by atoms with Gasteiger partial charge in [-0.25, -0.2) is 4.79 Å². The first-order chi connectivity index (χ1) is 15.3. The largest absolute Gasteiger partial charge is 0.493 e. The molecule has 0 spiro atoms. The molecule has 2 aromatic rings. The minimum absolute atomic E-state index is 0.0840. The molecular formula is C24H28N2O6. The molecule has 0 fully saturated rings. The number of rotatable bonds is 11. The van der Waals surface area contributed by atoms with Gasteiger partial charge in [0.1, 0.15) is 6.07 Å². The predicted molar refractivity (Wildman–Crippen MR) is 119 cm³/mol. The molecule has 0 aliphatic rings. The van der Waals surface area contributed by atoms with Crippen LogP contribution in [-0.4, -0.2) is 50.4 Å². The van der Waals surface area contributed by atoms with Gasteiger partial charge in [-0.05, 0) is 50.6 Å². The fourth-order valence-corrected chi connectivity index (χ4v) is 3.50. The van der Waals surface area contributed by atoms with Crippen molar-refractivity contribution in [3.63, 3.8) is 0 Å². The maximum absolute atomic E-state index is 12.6. The zero-order valence-electron chi connectivity index (χ0n) is 19.0. The highest BCUT2D eigenvalue weighted by atomic mass is 16.5. The van der Waals surface area contributed by atoms with E-state index in [-0.39, 0.29) is 25.0 Å². The highest BCUT2D eigenvalue weighted by Crippen LogP contribution is 2.28. The lowest BCUT2D eigenvalue weighted by atomic mass is 10.1. The van der Waals surface area contributed by atoms with E-state index in [0.29, 0.717) is 29.2 Å². The van der Waals surface area contributed by atoms with Crippen LogP contribution >= 0.6 is 0 Å². The third-order valence-corrected chi connectivity index (χ3v) is 4.87. The van der Waals surface area contributed by atoms with E-state index in [9.17, 15) is 9.59 Å². The molecule has 0 radical (unpaired) electrons. The summed E-state index contributed by atoms with van der Waals surface area (Å²) in [6.07, 6.45) is 2.78. The number of nitrogens with zero attached hydrogens (tertiary/aromatic N) is 2. The second-order valence-electron chi connectivity index (χ2n) is 7.18. The van der Waals surface area contributed by atoms with E-state index in [1.807, 2.05) is 31.4 Å². The minimum Gasteiger partial charge on any atom is -0.493 e. The van der Waals surface area contributed by atoms with E-state index < -0.39 is 5.97 Å². The molecule has 2 rings (SSSR count). The third-order valence-electron chi connectivity index (χ3n) is 4.87. The van der Waals surface area contributed by atoms with Crippen molar-refractivity contribution in [3.05, 3.63) is 52.9 Å². The summed E-state index contributed by atoms with van der Waals surface area (Å²) < 4.78 is 22.9. The summed E-state index contributed by atoms with van der Waals surface area (Å²) in [5.74, 6) is -0.0409. The second-order valence-corrected chi connectivity index (χ2v) is 7.18. The fourth-order valence-electron chi connectivity index (χ4n) is 3.50. The predicted octanol–water partition coefficient (Wildman–Crippen LogP) is 3.66. The molecule has 0 N–H and O–H groups in total. The molecular weight excluding hydrogens is 412 g/mol. The first kappa shape index (κ1) is 24.7. The number of carbonyl (C=O) groups is 2. The molecule has 0 saturated heterocycles. The van der Waals surface area contributed by atoms with Gasteiger partial charge in [-0.2, -0.15) is 5.26 Å². The fraction of sp³-hybridized carbons (Fsp3) is 0.375. The van der Waals surface area contributed by atoms with Crippen molar-refractivity contribution < 1.29 is 28.5 Å². The lowest BCUT2D eigenvalue weighted by Crippen LogP contribution is -2.16. The van der Waals surface area contributed by atoms with Crippen molar-refractivity contribution in [1.29, 1.82) is 5.26 Å². The van der Waals surface area contributed by atoms with Crippen molar-refractivity contribution in [2.24, 2.45) is 0 Å². The number of hydrogen-bond donors (Lipinski definition) is 0. The van der Waals surface area contributed by atoms with Gasteiger partial charge in [0.25, 0.3) is 0 Å². The molecule has 0 amide bonds. The summed E-state index contributed by atoms with van der Waals surface area (Å²) in [7, 11) is 3.12. The molecule has 1 heterocycles. The van der Waals surface area contributed by atoms with Gasteiger partial charge in [0.2, 0.25) is 5.78 Å². The molecule has 0 saturated carbocycles. The Morgan fingerprint density at radius 1 is 1.19 bits per heavy atom. The van der Waals surface area contributed by atoms with Crippen LogP contribution in [0.15, 0.2) is 30.3 Å². The van der Waals surface area contributed by atoms with E-state index in [0.717, 1.165) is 11.4 Å². The Hall–Kier alpha value is -3.57. The van der Waals surface area contributed by atoms with Crippen LogP contribution in [0.3, 0.4) is 0 Å². The van der Waals surface area contributed by atoms with Crippen molar-refractivity contribution in [2.45, 2.75) is 26.8 Å². The summed E-state index contributed by atoms with van der Waals surface area (Å²) in [4.78, 5) is 24.7. The number of aromatic nitrogens is 1. The van der Waals surface area contributed by atoms with Crippen LogP contribution in [-0.2, 0) is 14.3 Å². The van der Waals surface area contributed by atoms with Crippen molar-refractivity contribution in [1.82, 2.24) is 4.57 Å². The van der Waals surface area contributed by atoms with Gasteiger partial charge in [-0.3, -0.25) is 4.79 Å². The van der Waals surface area contributed by atoms with Gasteiger partial charge in [-0.1, -0.05) is 6.07 Å². The van der Waals surface area contributed by atoms with E-state index in [1.54, 1.807) is 37.5 Å². The Morgan fingerprint density at radius 3 is 2.59 bits per heavy atom. The van der Waals surface area contributed by atoms with Gasteiger partial charge in [0.05, 0.1) is 19.8 Å². The summed E-state index contributed by atoms with van der Waals surface area (Å²) in [5, 5.41) is 8.62. The Kier molecular flexibility index (Phi) is 9.05. The first-order valence-corrected chi connectivity index (χ1v) is 10.1. The Morgan fingerprint density at radius 2 is 1.94 bits per heavy atom. The van der Waals surface area contributed by atoms with Gasteiger partial charge >= 0.3 is 5.97 Å². The zero-order valence-corrected chi connectivity index (χ0v) is 19.0. The van der Waals surface area contributed by atoms with Gasteiger partial charge in [0, 0.05) is 30.1 Å². The number of Topliss-reactive ketones (excluding diaryl/α,β-unsaturated/α-hetero) is 1. The van der Waals surface area contributed by atoms with E-state index in [2.05, 4.69) is 0 Å². The Bertz CT molecular complexity index is 1030. The summed E-state index contributed by atoms with van der Waals surface area (Å²) in [6, 6.07) is 8.79. The van der Waals surface area contributed by atoms with E-state index >= 15 is 0 Å². The molecule has 170 valence electrons. The molecule has 0 unspecified atom stereocenters. The molecule has 0 bridgehead atoms. The molecule has 32 heavy (non-hydrogen) atoms. The second kappa shape index (κ2) is 11.7. The monoisotopic (exact) mass is 440 g/mol. The molecule has 1 atom stereocenters. The van der Waals surface area contributed by atoms with Gasteiger partial charge in [0.15, 0.2) is 24.7 Å². The van der Waals surface area contributed by atoms with Crippen LogP contribution in [0, 0.1) is 25.2 Å². The Balaban J connectivity index is 2.00. The maximum Gasteiger partial charge on any atom is 0.331 e. The van der Waals surface area contributed by atoms with E-state index in [4.69, 9.17) is 24.2 Å². The standard InChI is InChI=1S/C24H28N2O6/c1-16-12-20(18(3)26(16)17(2)14-29-4)21(27)15-32-24(28)9-7-19-6-8-22(31-11-10-25)23(13-19)30-5/h6-9,12-13,17H,11,14-15H2,1-5H3/b9-7+/t17-/m0/s1. The van der Waals surface area contributed by atoms with Crippen LogP contribution in [0.2, 0.25) is 0 Å². The SMILES string of the molecule is COC[C@H](C)n1c(C)cc(C(=O)COC(=O)/C=C/c2ccc(OCC#N)c(OC)c2)c1C. The zero-order chi connectivity index (χ0) is 23.7. The number of aryl methyl sites for hydroxylation is 1. The molecule has 8 heteroatoms. The summed E-state index contributed by atoms with van der Waals surface area (Å²) in [6.45, 7) is 5.89. The normalized spacial score (nSPS) is 11.8.